The van der Waals surface area contributed by atoms with Gasteiger partial charge in [0.25, 0.3) is 0 Å². The summed E-state index contributed by atoms with van der Waals surface area (Å²) in [7, 11) is 0. The topological polar surface area (TPSA) is 0 Å². The molecule has 0 heterocycles. The average Bonchev–Trinajstić information content (AvgIpc) is 2.59. The van der Waals surface area contributed by atoms with Gasteiger partial charge >= 0.3 is 6.18 Å². The number of aryl methyl sites for hydroxylation is 1. The van der Waals surface area contributed by atoms with Crippen molar-refractivity contribution in [3.8, 4) is 0 Å². The van der Waals surface area contributed by atoms with Crippen LogP contribution in [0.2, 0.25) is 0 Å². The highest BCUT2D eigenvalue weighted by Crippen LogP contribution is 2.36. The number of hydrogen-bond acceptors (Lipinski definition) is 0. The van der Waals surface area contributed by atoms with Gasteiger partial charge in [0, 0.05) is 0 Å². The fraction of sp³-hybridized carbons (Fsp3) is 0.636. The Bertz CT molecular complexity index is 587. The highest BCUT2D eigenvalue weighted by atomic mass is 19.4. The zero-order valence-electron chi connectivity index (χ0n) is 15.9. The Hall–Kier alpha value is -1.39. The minimum atomic E-state index is -5.00. The van der Waals surface area contributed by atoms with E-state index in [9.17, 15) is 22.0 Å². The molecule has 2 rings (SSSR count). The molecule has 1 aliphatic rings. The Morgan fingerprint density at radius 3 is 1.93 bits per heavy atom. The summed E-state index contributed by atoms with van der Waals surface area (Å²) in [6.07, 6.45) is 9.87. The van der Waals surface area contributed by atoms with E-state index in [1.807, 2.05) is 0 Å². The molecule has 1 saturated carbocycles. The zero-order chi connectivity index (χ0) is 19.9. The zero-order valence-corrected chi connectivity index (χ0v) is 15.9. The quantitative estimate of drug-likeness (QED) is 0.314. The van der Waals surface area contributed by atoms with E-state index in [1.165, 1.54) is 25.7 Å². The molecule has 0 aliphatic heterocycles. The van der Waals surface area contributed by atoms with Gasteiger partial charge in [-0.15, -0.1) is 0 Å². The molecule has 0 saturated heterocycles. The van der Waals surface area contributed by atoms with Gasteiger partial charge in [0.2, 0.25) is 0 Å². The van der Waals surface area contributed by atoms with Crippen LogP contribution >= 0.6 is 0 Å². The first-order valence-corrected chi connectivity index (χ1v) is 10.0. The van der Waals surface area contributed by atoms with E-state index in [0.717, 1.165) is 50.2 Å². The lowest BCUT2D eigenvalue weighted by molar-refractivity contribution is -0.142. The number of rotatable bonds is 8. The molecule has 0 atom stereocenters. The summed E-state index contributed by atoms with van der Waals surface area (Å²) in [5.41, 5.74) is -1.49. The molecule has 5 heteroatoms. The molecule has 1 aliphatic carbocycles. The van der Waals surface area contributed by atoms with Crippen LogP contribution in [-0.4, -0.2) is 0 Å². The summed E-state index contributed by atoms with van der Waals surface area (Å²) in [6.45, 7) is 2.17. The van der Waals surface area contributed by atoms with Crippen LogP contribution < -0.4 is 0 Å². The van der Waals surface area contributed by atoms with Crippen LogP contribution in [0.3, 0.4) is 0 Å². The molecule has 0 N–H and O–H groups in total. The predicted octanol–water partition coefficient (Wildman–Crippen LogP) is 7.86. The molecule has 0 amide bonds. The number of benzene rings is 1. The SMILES string of the molecule is CCCC=CCCC1CCC(CCc2cc(F)c(C(F)(F)F)c(F)c2)CC1. The van der Waals surface area contributed by atoms with E-state index in [2.05, 4.69) is 19.1 Å². The fourth-order valence-corrected chi connectivity index (χ4v) is 3.95. The van der Waals surface area contributed by atoms with Gasteiger partial charge < -0.3 is 0 Å². The third kappa shape index (κ3) is 6.93. The van der Waals surface area contributed by atoms with E-state index in [4.69, 9.17) is 0 Å². The monoisotopic (exact) mass is 388 g/mol. The van der Waals surface area contributed by atoms with Crippen molar-refractivity contribution in [2.75, 3.05) is 0 Å². The molecule has 27 heavy (non-hydrogen) atoms. The Kier molecular flexibility index (Phi) is 8.30. The van der Waals surface area contributed by atoms with Crippen molar-refractivity contribution in [2.45, 2.75) is 77.3 Å². The van der Waals surface area contributed by atoms with E-state index in [1.54, 1.807) is 0 Å². The molecule has 152 valence electrons. The van der Waals surface area contributed by atoms with Crippen LogP contribution in [0.5, 0.6) is 0 Å². The van der Waals surface area contributed by atoms with Crippen LogP contribution in [0.1, 0.15) is 75.8 Å². The second-order valence-electron chi connectivity index (χ2n) is 7.70. The third-order valence-electron chi connectivity index (χ3n) is 5.56. The molecule has 0 bridgehead atoms. The normalized spacial score (nSPS) is 21.1. The predicted molar refractivity (Wildman–Crippen MR) is 98.4 cm³/mol. The van der Waals surface area contributed by atoms with Crippen molar-refractivity contribution >= 4 is 0 Å². The van der Waals surface area contributed by atoms with Gasteiger partial charge in [-0.05, 0) is 61.6 Å². The first-order chi connectivity index (χ1) is 12.8. The summed E-state index contributed by atoms with van der Waals surface area (Å²) < 4.78 is 65.2. The lowest BCUT2D eigenvalue weighted by atomic mass is 9.78. The van der Waals surface area contributed by atoms with E-state index < -0.39 is 23.4 Å². The van der Waals surface area contributed by atoms with Crippen molar-refractivity contribution in [1.29, 1.82) is 0 Å². The highest BCUT2D eigenvalue weighted by molar-refractivity contribution is 5.28. The van der Waals surface area contributed by atoms with Crippen LogP contribution in [0.25, 0.3) is 0 Å². The maximum absolute atomic E-state index is 13.7. The molecular weight excluding hydrogens is 359 g/mol. The van der Waals surface area contributed by atoms with Crippen molar-refractivity contribution in [1.82, 2.24) is 0 Å². The lowest BCUT2D eigenvalue weighted by Crippen LogP contribution is -2.15. The van der Waals surface area contributed by atoms with Gasteiger partial charge in [0.1, 0.15) is 17.2 Å². The average molecular weight is 388 g/mol. The van der Waals surface area contributed by atoms with E-state index >= 15 is 0 Å². The highest BCUT2D eigenvalue weighted by Gasteiger charge is 2.37. The van der Waals surface area contributed by atoms with Crippen molar-refractivity contribution < 1.29 is 22.0 Å². The van der Waals surface area contributed by atoms with Crippen molar-refractivity contribution in [3.05, 3.63) is 47.0 Å². The first-order valence-electron chi connectivity index (χ1n) is 10.0. The summed E-state index contributed by atoms with van der Waals surface area (Å²) in [5, 5.41) is 0. The first kappa shape index (κ1) is 21.9. The molecule has 0 spiro atoms. The Balaban J connectivity index is 1.77. The number of alkyl halides is 3. The molecule has 0 unspecified atom stereocenters. The Morgan fingerprint density at radius 1 is 0.889 bits per heavy atom. The smallest absolute Gasteiger partial charge is 0.206 e. The number of halogens is 5. The second kappa shape index (κ2) is 10.2. The minimum absolute atomic E-state index is 0.307. The van der Waals surface area contributed by atoms with Crippen LogP contribution in [0, 0.1) is 23.5 Å². The molecule has 1 aromatic carbocycles. The van der Waals surface area contributed by atoms with Crippen molar-refractivity contribution in [2.24, 2.45) is 11.8 Å². The number of allylic oxidation sites excluding steroid dienone is 2. The van der Waals surface area contributed by atoms with Crippen LogP contribution in [0.4, 0.5) is 22.0 Å². The minimum Gasteiger partial charge on any atom is -0.206 e. The molecule has 0 nitrogen and oxygen atoms in total. The second-order valence-corrected chi connectivity index (χ2v) is 7.70. The lowest BCUT2D eigenvalue weighted by Gasteiger charge is -2.28. The summed E-state index contributed by atoms with van der Waals surface area (Å²) in [6, 6.07) is 1.67. The van der Waals surface area contributed by atoms with Crippen molar-refractivity contribution in [3.63, 3.8) is 0 Å². The van der Waals surface area contributed by atoms with Gasteiger partial charge in [0.05, 0.1) is 0 Å². The van der Waals surface area contributed by atoms with Gasteiger partial charge in [-0.2, -0.15) is 13.2 Å². The third-order valence-corrected chi connectivity index (χ3v) is 5.56. The molecule has 0 aromatic heterocycles. The molecule has 1 fully saturated rings. The Morgan fingerprint density at radius 2 is 1.41 bits per heavy atom. The summed E-state index contributed by atoms with van der Waals surface area (Å²) >= 11 is 0. The Labute approximate surface area is 158 Å². The van der Waals surface area contributed by atoms with Gasteiger partial charge in [-0.1, -0.05) is 51.2 Å². The number of hydrogen-bond donors (Lipinski definition) is 0. The fourth-order valence-electron chi connectivity index (χ4n) is 3.95. The standard InChI is InChI=1S/C22H29F5/c1-2-3-4-5-6-7-16-8-10-17(11-9-16)12-13-18-14-19(23)21(20(24)15-18)22(25,26)27/h4-5,14-17H,2-3,6-13H2,1H3. The van der Waals surface area contributed by atoms with Crippen LogP contribution in [0.15, 0.2) is 24.3 Å². The van der Waals surface area contributed by atoms with Gasteiger partial charge in [0.15, 0.2) is 0 Å². The van der Waals surface area contributed by atoms with E-state index in [-0.39, 0.29) is 0 Å². The van der Waals surface area contributed by atoms with Gasteiger partial charge in [-0.3, -0.25) is 0 Å². The van der Waals surface area contributed by atoms with Gasteiger partial charge in [-0.25, -0.2) is 8.78 Å². The molecule has 1 aromatic rings. The summed E-state index contributed by atoms with van der Waals surface area (Å²) in [5.74, 6) is -1.80. The largest absolute Gasteiger partial charge is 0.422 e. The maximum Gasteiger partial charge on any atom is 0.422 e. The number of unbranched alkanes of at least 4 members (excludes halogenated alkanes) is 1. The van der Waals surface area contributed by atoms with Crippen LogP contribution in [-0.2, 0) is 12.6 Å². The molecular formula is C22H29F5. The summed E-state index contributed by atoms with van der Waals surface area (Å²) in [4.78, 5) is 0. The van der Waals surface area contributed by atoms with E-state index in [0.29, 0.717) is 17.9 Å². The molecule has 0 radical (unpaired) electrons. The maximum atomic E-state index is 13.7.